The van der Waals surface area contributed by atoms with Gasteiger partial charge in [-0.3, -0.25) is 4.79 Å². The van der Waals surface area contributed by atoms with Crippen molar-refractivity contribution < 1.29 is 9.90 Å². The lowest BCUT2D eigenvalue weighted by molar-refractivity contribution is -0.141. The van der Waals surface area contributed by atoms with Crippen LogP contribution in [-0.4, -0.2) is 16.5 Å². The molecule has 3 fully saturated rings. The van der Waals surface area contributed by atoms with Gasteiger partial charge in [-0.1, -0.05) is 26.8 Å². The SMILES string of the molecule is CC[C@]1(O)CC[C@H]2[C@@H]3CC[C@H]4CC(=O)C=C[C@]4(C)[C@H]3CC[C@@]21C. The molecule has 4 aliphatic carbocycles. The third-order valence-corrected chi connectivity index (χ3v) is 8.95. The summed E-state index contributed by atoms with van der Waals surface area (Å²) in [6.07, 6.45) is 12.8. The van der Waals surface area contributed by atoms with Crippen LogP contribution < -0.4 is 0 Å². The minimum atomic E-state index is -0.446. The van der Waals surface area contributed by atoms with Crippen molar-refractivity contribution in [3.8, 4) is 0 Å². The van der Waals surface area contributed by atoms with Gasteiger partial charge in [0.25, 0.3) is 0 Å². The normalized spacial score (nSPS) is 55.2. The number of carbonyl (C=O) groups is 1. The van der Waals surface area contributed by atoms with Crippen LogP contribution in [-0.2, 0) is 4.79 Å². The van der Waals surface area contributed by atoms with E-state index in [-0.39, 0.29) is 10.8 Å². The van der Waals surface area contributed by atoms with E-state index in [4.69, 9.17) is 0 Å². The van der Waals surface area contributed by atoms with Crippen molar-refractivity contribution in [1.29, 1.82) is 0 Å². The fourth-order valence-electron chi connectivity index (χ4n) is 7.33. The molecule has 0 aromatic rings. The van der Waals surface area contributed by atoms with E-state index < -0.39 is 5.60 Å². The second-order valence-corrected chi connectivity index (χ2v) is 9.40. The summed E-state index contributed by atoms with van der Waals surface area (Å²) in [6, 6.07) is 0. The first-order valence-electron chi connectivity index (χ1n) is 9.78. The van der Waals surface area contributed by atoms with Gasteiger partial charge in [0.2, 0.25) is 0 Å². The van der Waals surface area contributed by atoms with Crippen molar-refractivity contribution in [3.05, 3.63) is 12.2 Å². The summed E-state index contributed by atoms with van der Waals surface area (Å²) in [4.78, 5) is 11.9. The minimum absolute atomic E-state index is 0.111. The highest BCUT2D eigenvalue weighted by Gasteiger charge is 2.63. The molecule has 2 heteroatoms. The van der Waals surface area contributed by atoms with Gasteiger partial charge in [0.1, 0.15) is 0 Å². The lowest BCUT2D eigenvalue weighted by atomic mass is 9.45. The Bertz CT molecular complexity index is 552. The zero-order valence-corrected chi connectivity index (χ0v) is 15.0. The zero-order chi connectivity index (χ0) is 16.5. The van der Waals surface area contributed by atoms with Gasteiger partial charge in [0.15, 0.2) is 5.78 Å². The summed E-state index contributed by atoms with van der Waals surface area (Å²) in [5, 5.41) is 11.2. The van der Waals surface area contributed by atoms with Crippen molar-refractivity contribution in [2.45, 2.75) is 77.7 Å². The summed E-state index contributed by atoms with van der Waals surface area (Å²) in [5.74, 6) is 3.01. The largest absolute Gasteiger partial charge is 0.389 e. The van der Waals surface area contributed by atoms with E-state index in [0.717, 1.165) is 31.6 Å². The molecule has 23 heavy (non-hydrogen) atoms. The maximum Gasteiger partial charge on any atom is 0.155 e. The minimum Gasteiger partial charge on any atom is -0.389 e. The highest BCUT2D eigenvalue weighted by Crippen LogP contribution is 2.67. The molecule has 0 bridgehead atoms. The molecule has 0 aromatic carbocycles. The smallest absolute Gasteiger partial charge is 0.155 e. The molecule has 3 saturated carbocycles. The summed E-state index contributed by atoms with van der Waals surface area (Å²) < 4.78 is 0. The first kappa shape index (κ1) is 15.9. The Balaban J connectivity index is 1.68. The Hall–Kier alpha value is -0.630. The number of fused-ring (bicyclic) bond motifs is 5. The first-order valence-corrected chi connectivity index (χ1v) is 9.78. The Morgan fingerprint density at radius 2 is 1.87 bits per heavy atom. The molecule has 1 N–H and O–H groups in total. The van der Waals surface area contributed by atoms with E-state index in [1.54, 1.807) is 0 Å². The van der Waals surface area contributed by atoms with Gasteiger partial charge in [-0.15, -0.1) is 0 Å². The van der Waals surface area contributed by atoms with Crippen molar-refractivity contribution in [3.63, 3.8) is 0 Å². The number of ketones is 1. The lowest BCUT2D eigenvalue weighted by Gasteiger charge is -2.59. The second kappa shape index (κ2) is 4.94. The van der Waals surface area contributed by atoms with Crippen LogP contribution in [0.5, 0.6) is 0 Å². The van der Waals surface area contributed by atoms with Crippen LogP contribution in [0.1, 0.15) is 72.1 Å². The van der Waals surface area contributed by atoms with Gasteiger partial charge in [-0.25, -0.2) is 0 Å². The van der Waals surface area contributed by atoms with Crippen molar-refractivity contribution >= 4 is 5.78 Å². The summed E-state index contributed by atoms with van der Waals surface area (Å²) in [6.45, 7) is 6.95. The van der Waals surface area contributed by atoms with E-state index in [9.17, 15) is 9.90 Å². The third-order valence-electron chi connectivity index (χ3n) is 8.95. The molecule has 0 radical (unpaired) electrons. The van der Waals surface area contributed by atoms with E-state index in [0.29, 0.717) is 23.5 Å². The molecule has 0 unspecified atom stereocenters. The van der Waals surface area contributed by atoms with Crippen LogP contribution in [0.4, 0.5) is 0 Å². The topological polar surface area (TPSA) is 37.3 Å². The lowest BCUT2D eigenvalue weighted by Crippen LogP contribution is -2.55. The van der Waals surface area contributed by atoms with Crippen LogP contribution in [0.3, 0.4) is 0 Å². The quantitative estimate of drug-likeness (QED) is 0.772. The number of hydrogen-bond donors (Lipinski definition) is 1. The second-order valence-electron chi connectivity index (χ2n) is 9.40. The van der Waals surface area contributed by atoms with E-state index in [2.05, 4.69) is 26.8 Å². The Kier molecular flexibility index (Phi) is 3.41. The summed E-state index contributed by atoms with van der Waals surface area (Å²) in [5.41, 5.74) is -0.121. The molecule has 0 saturated heterocycles. The number of aliphatic hydroxyl groups is 1. The molecule has 0 amide bonds. The maximum absolute atomic E-state index is 11.9. The molecule has 4 aliphatic rings. The van der Waals surface area contributed by atoms with Crippen molar-refractivity contribution in [1.82, 2.24) is 0 Å². The fraction of sp³-hybridized carbons (Fsp3) is 0.857. The molecule has 0 spiro atoms. The Morgan fingerprint density at radius 1 is 1.13 bits per heavy atom. The summed E-state index contributed by atoms with van der Waals surface area (Å²) >= 11 is 0. The maximum atomic E-state index is 11.9. The molecule has 0 aliphatic heterocycles. The molecule has 4 rings (SSSR count). The van der Waals surface area contributed by atoms with E-state index in [1.165, 1.54) is 25.7 Å². The van der Waals surface area contributed by atoms with Crippen LogP contribution in [0, 0.1) is 34.5 Å². The predicted octanol–water partition coefficient (Wildman–Crippen LogP) is 4.52. The van der Waals surface area contributed by atoms with Gasteiger partial charge in [0, 0.05) is 6.42 Å². The molecule has 0 aromatic heterocycles. The van der Waals surface area contributed by atoms with Gasteiger partial charge >= 0.3 is 0 Å². The van der Waals surface area contributed by atoms with Crippen LogP contribution in [0.2, 0.25) is 0 Å². The highest BCUT2D eigenvalue weighted by atomic mass is 16.3. The van der Waals surface area contributed by atoms with Crippen LogP contribution in [0.15, 0.2) is 12.2 Å². The van der Waals surface area contributed by atoms with Gasteiger partial charge in [-0.05, 0) is 85.5 Å². The average Bonchev–Trinajstić information content (AvgIpc) is 2.80. The molecular formula is C21H32O2. The molecular weight excluding hydrogens is 284 g/mol. The Morgan fingerprint density at radius 3 is 2.61 bits per heavy atom. The number of hydrogen-bond acceptors (Lipinski definition) is 2. The van der Waals surface area contributed by atoms with Crippen LogP contribution in [0.25, 0.3) is 0 Å². The number of rotatable bonds is 1. The molecule has 0 heterocycles. The van der Waals surface area contributed by atoms with Crippen molar-refractivity contribution in [2.75, 3.05) is 0 Å². The zero-order valence-electron chi connectivity index (χ0n) is 15.0. The average molecular weight is 316 g/mol. The monoisotopic (exact) mass is 316 g/mol. The molecule has 7 atom stereocenters. The highest BCUT2D eigenvalue weighted by molar-refractivity contribution is 5.91. The fourth-order valence-corrected chi connectivity index (χ4v) is 7.33. The van der Waals surface area contributed by atoms with Gasteiger partial charge in [-0.2, -0.15) is 0 Å². The van der Waals surface area contributed by atoms with E-state index >= 15 is 0 Å². The third kappa shape index (κ3) is 1.94. The first-order chi connectivity index (χ1) is 10.8. The van der Waals surface area contributed by atoms with Crippen molar-refractivity contribution in [2.24, 2.45) is 34.5 Å². The molecule has 128 valence electrons. The van der Waals surface area contributed by atoms with Gasteiger partial charge in [0.05, 0.1) is 5.60 Å². The standard InChI is InChI=1S/C21H32O2/c1-4-21(23)12-9-18-16-6-5-14-13-15(22)7-10-19(14,2)17(16)8-11-20(18,21)3/h7,10,14,16-18,23H,4-6,8-9,11-13H2,1-3H3/t14-,16+,17-,18-,19-,20-,21-/m0/s1. The Labute approximate surface area is 140 Å². The number of allylic oxidation sites excluding steroid dienone is 2. The van der Waals surface area contributed by atoms with E-state index in [1.807, 2.05) is 6.08 Å². The summed E-state index contributed by atoms with van der Waals surface area (Å²) in [7, 11) is 0. The van der Waals surface area contributed by atoms with Crippen LogP contribution >= 0.6 is 0 Å². The predicted molar refractivity (Wildman–Crippen MR) is 91.9 cm³/mol. The van der Waals surface area contributed by atoms with Gasteiger partial charge < -0.3 is 5.11 Å². The molecule has 2 nitrogen and oxygen atoms in total. The number of carbonyl (C=O) groups excluding carboxylic acids is 1.